The molecule has 1 aliphatic heterocycles. The first kappa shape index (κ1) is 9.92. The van der Waals surface area contributed by atoms with Crippen molar-refractivity contribution in [2.45, 2.75) is 6.04 Å². The van der Waals surface area contributed by atoms with E-state index in [1.54, 1.807) is 0 Å². The largest absolute Gasteiger partial charge is 0.507 e. The lowest BCUT2D eigenvalue weighted by Gasteiger charge is -2.36. The van der Waals surface area contributed by atoms with Crippen LogP contribution in [0.1, 0.15) is 10.4 Å². The van der Waals surface area contributed by atoms with Crippen LogP contribution in [0.3, 0.4) is 0 Å². The molecule has 0 aliphatic carbocycles. The summed E-state index contributed by atoms with van der Waals surface area (Å²) >= 11 is 0. The van der Waals surface area contributed by atoms with Crippen molar-refractivity contribution >= 4 is 5.91 Å². The van der Waals surface area contributed by atoms with Gasteiger partial charge >= 0.3 is 0 Å². The molecule has 0 radical (unpaired) electrons. The molecule has 1 fully saturated rings. The van der Waals surface area contributed by atoms with Crippen molar-refractivity contribution in [1.82, 2.24) is 4.90 Å². The topological polar surface area (TPSA) is 66.6 Å². The zero-order chi connectivity index (χ0) is 11.0. The number of nitrogens with two attached hydrogens (primary N) is 1. The number of rotatable bonds is 1. The molecule has 15 heavy (non-hydrogen) atoms. The number of halogens is 1. The molecule has 3 N–H and O–H groups in total. The minimum absolute atomic E-state index is 0.0390. The van der Waals surface area contributed by atoms with Crippen LogP contribution in [0.25, 0.3) is 0 Å². The maximum Gasteiger partial charge on any atom is 0.260 e. The van der Waals surface area contributed by atoms with Gasteiger partial charge in [-0.2, -0.15) is 0 Å². The van der Waals surface area contributed by atoms with E-state index in [-0.39, 0.29) is 17.4 Å². The standard InChI is InChI=1S/C10H11FN2O2/c11-7-2-1-3-8(14)9(7)10(15)13-4-6(12)5-13/h1-3,6,14H,4-5,12H2. The van der Waals surface area contributed by atoms with Crippen LogP contribution >= 0.6 is 0 Å². The van der Waals surface area contributed by atoms with E-state index in [4.69, 9.17) is 5.73 Å². The fraction of sp³-hybridized carbons (Fsp3) is 0.300. The average Bonchev–Trinajstić information content (AvgIpc) is 2.12. The first-order valence-corrected chi connectivity index (χ1v) is 4.62. The number of likely N-dealkylation sites (tertiary alicyclic amines) is 1. The smallest absolute Gasteiger partial charge is 0.260 e. The van der Waals surface area contributed by atoms with Crippen LogP contribution < -0.4 is 5.73 Å². The second-order valence-corrected chi connectivity index (χ2v) is 3.60. The van der Waals surface area contributed by atoms with Crippen LogP contribution in [0.15, 0.2) is 18.2 Å². The van der Waals surface area contributed by atoms with E-state index in [1.165, 1.54) is 17.0 Å². The Hall–Kier alpha value is -1.62. The van der Waals surface area contributed by atoms with E-state index in [0.29, 0.717) is 13.1 Å². The van der Waals surface area contributed by atoms with Crippen molar-refractivity contribution in [2.75, 3.05) is 13.1 Å². The van der Waals surface area contributed by atoms with Crippen molar-refractivity contribution in [2.24, 2.45) is 5.73 Å². The highest BCUT2D eigenvalue weighted by molar-refractivity contribution is 5.97. The Kier molecular flexibility index (Phi) is 2.32. The summed E-state index contributed by atoms with van der Waals surface area (Å²) in [6.07, 6.45) is 0. The quantitative estimate of drug-likeness (QED) is 0.701. The minimum Gasteiger partial charge on any atom is -0.507 e. The molecule has 80 valence electrons. The number of phenolic OH excluding ortho intramolecular Hbond substituents is 1. The Morgan fingerprint density at radius 3 is 2.73 bits per heavy atom. The maximum atomic E-state index is 13.3. The molecule has 0 unspecified atom stereocenters. The van der Waals surface area contributed by atoms with Gasteiger partial charge in [0.25, 0.3) is 5.91 Å². The molecule has 1 aliphatic rings. The highest BCUT2D eigenvalue weighted by Crippen LogP contribution is 2.23. The molecule has 0 saturated carbocycles. The number of hydrogen-bond donors (Lipinski definition) is 2. The van der Waals surface area contributed by atoms with Crippen LogP contribution in [0.2, 0.25) is 0 Å². The number of carbonyl (C=O) groups excluding carboxylic acids is 1. The van der Waals surface area contributed by atoms with E-state index in [1.807, 2.05) is 0 Å². The summed E-state index contributed by atoms with van der Waals surface area (Å²) < 4.78 is 13.3. The molecule has 4 nitrogen and oxygen atoms in total. The molecule has 0 bridgehead atoms. The third-order valence-electron chi connectivity index (χ3n) is 2.40. The summed E-state index contributed by atoms with van der Waals surface area (Å²) in [6.45, 7) is 0.819. The third kappa shape index (κ3) is 1.66. The zero-order valence-corrected chi connectivity index (χ0v) is 7.98. The van der Waals surface area contributed by atoms with Crippen molar-refractivity contribution in [3.05, 3.63) is 29.6 Å². The fourth-order valence-corrected chi connectivity index (χ4v) is 1.56. The Morgan fingerprint density at radius 1 is 1.53 bits per heavy atom. The van der Waals surface area contributed by atoms with Gasteiger partial charge in [-0.05, 0) is 12.1 Å². The van der Waals surface area contributed by atoms with E-state index in [9.17, 15) is 14.3 Å². The van der Waals surface area contributed by atoms with Crippen LogP contribution in [0.4, 0.5) is 4.39 Å². The first-order valence-electron chi connectivity index (χ1n) is 4.62. The van der Waals surface area contributed by atoms with Crippen LogP contribution in [-0.2, 0) is 0 Å². The van der Waals surface area contributed by atoms with E-state index >= 15 is 0 Å². The normalized spacial score (nSPS) is 16.3. The third-order valence-corrected chi connectivity index (χ3v) is 2.40. The number of hydrogen-bond acceptors (Lipinski definition) is 3. The zero-order valence-electron chi connectivity index (χ0n) is 7.98. The Labute approximate surface area is 86.1 Å². The predicted molar refractivity (Wildman–Crippen MR) is 51.9 cm³/mol. The lowest BCUT2D eigenvalue weighted by molar-refractivity contribution is 0.0600. The summed E-state index contributed by atoms with van der Waals surface area (Å²) in [7, 11) is 0. The minimum atomic E-state index is -0.708. The molecule has 1 saturated heterocycles. The summed E-state index contributed by atoms with van der Waals surface area (Å²) in [5.41, 5.74) is 5.24. The van der Waals surface area contributed by atoms with Crippen LogP contribution in [-0.4, -0.2) is 35.0 Å². The highest BCUT2D eigenvalue weighted by Gasteiger charge is 2.31. The molecule has 5 heteroatoms. The van der Waals surface area contributed by atoms with Gasteiger partial charge in [-0.3, -0.25) is 4.79 Å². The number of amides is 1. The molecule has 1 aromatic rings. The van der Waals surface area contributed by atoms with E-state index < -0.39 is 11.7 Å². The van der Waals surface area contributed by atoms with E-state index in [0.717, 1.165) is 6.07 Å². The van der Waals surface area contributed by atoms with Gasteiger partial charge in [0.15, 0.2) is 0 Å². The van der Waals surface area contributed by atoms with Gasteiger partial charge < -0.3 is 15.7 Å². The lowest BCUT2D eigenvalue weighted by atomic mass is 10.1. The number of carbonyl (C=O) groups is 1. The Balaban J connectivity index is 2.26. The summed E-state index contributed by atoms with van der Waals surface area (Å²) in [4.78, 5) is 13.1. The summed E-state index contributed by atoms with van der Waals surface area (Å²) in [6, 6.07) is 3.74. The van der Waals surface area contributed by atoms with Crippen molar-refractivity contribution in [1.29, 1.82) is 0 Å². The maximum absolute atomic E-state index is 13.3. The molecular weight excluding hydrogens is 199 g/mol. The van der Waals surface area contributed by atoms with E-state index in [2.05, 4.69) is 0 Å². The molecule has 1 amide bonds. The summed E-state index contributed by atoms with van der Waals surface area (Å²) in [5, 5.41) is 9.38. The van der Waals surface area contributed by atoms with Crippen molar-refractivity contribution in [3.63, 3.8) is 0 Å². The number of nitrogens with zero attached hydrogens (tertiary/aromatic N) is 1. The molecule has 0 spiro atoms. The first-order chi connectivity index (χ1) is 7.09. The van der Waals surface area contributed by atoms with Gasteiger partial charge in [0.2, 0.25) is 0 Å². The fourth-order valence-electron chi connectivity index (χ4n) is 1.56. The summed E-state index contributed by atoms with van der Waals surface area (Å²) in [5.74, 6) is -1.55. The highest BCUT2D eigenvalue weighted by atomic mass is 19.1. The van der Waals surface area contributed by atoms with Gasteiger partial charge in [-0.25, -0.2) is 4.39 Å². The van der Waals surface area contributed by atoms with Gasteiger partial charge in [0.1, 0.15) is 17.1 Å². The second-order valence-electron chi connectivity index (χ2n) is 3.60. The Bertz CT molecular complexity index is 382. The molecule has 1 aromatic carbocycles. The molecular formula is C10H11FN2O2. The average molecular weight is 210 g/mol. The van der Waals surface area contributed by atoms with Crippen molar-refractivity contribution < 1.29 is 14.3 Å². The van der Waals surface area contributed by atoms with Gasteiger partial charge in [-0.1, -0.05) is 6.07 Å². The molecule has 2 rings (SSSR count). The van der Waals surface area contributed by atoms with Gasteiger partial charge in [0, 0.05) is 19.1 Å². The van der Waals surface area contributed by atoms with Crippen molar-refractivity contribution in [3.8, 4) is 5.75 Å². The van der Waals surface area contributed by atoms with Gasteiger partial charge in [0.05, 0.1) is 0 Å². The molecule has 0 aromatic heterocycles. The lowest BCUT2D eigenvalue weighted by Crippen LogP contribution is -2.57. The van der Waals surface area contributed by atoms with Gasteiger partial charge in [-0.15, -0.1) is 0 Å². The Morgan fingerprint density at radius 2 is 2.20 bits per heavy atom. The van der Waals surface area contributed by atoms with Crippen LogP contribution in [0, 0.1) is 5.82 Å². The molecule has 0 atom stereocenters. The number of benzene rings is 1. The van der Waals surface area contributed by atoms with Crippen LogP contribution in [0.5, 0.6) is 5.75 Å². The monoisotopic (exact) mass is 210 g/mol. The SMILES string of the molecule is NC1CN(C(=O)c2c(O)cccc2F)C1. The number of aromatic hydroxyl groups is 1. The molecule has 1 heterocycles. The second kappa shape index (κ2) is 3.51. The predicted octanol–water partition coefficient (Wildman–Crippen LogP) is 0.314. The number of phenols is 1.